The Morgan fingerprint density at radius 1 is 1.05 bits per heavy atom. The van der Waals surface area contributed by atoms with Gasteiger partial charge in [0.1, 0.15) is 11.5 Å². The molecule has 0 spiro atoms. The van der Waals surface area contributed by atoms with Crippen LogP contribution in [0.4, 0.5) is 0 Å². The van der Waals surface area contributed by atoms with E-state index in [9.17, 15) is 4.79 Å². The van der Waals surface area contributed by atoms with E-state index < -0.39 is 5.97 Å². The van der Waals surface area contributed by atoms with Crippen molar-refractivity contribution < 1.29 is 14.3 Å². The molecule has 0 atom stereocenters. The Kier molecular flexibility index (Phi) is 4.59. The molecule has 0 N–H and O–H groups in total. The van der Waals surface area contributed by atoms with E-state index in [-0.39, 0.29) is 6.61 Å². The van der Waals surface area contributed by atoms with Gasteiger partial charge in [-0.25, -0.2) is 4.79 Å². The van der Waals surface area contributed by atoms with Gasteiger partial charge in [-0.05, 0) is 48.5 Å². The lowest BCUT2D eigenvalue weighted by Crippen LogP contribution is -2.17. The minimum atomic E-state index is -0.523. The predicted molar refractivity (Wildman–Crippen MR) is 73.7 cm³/mol. The number of nitrogens with zero attached hydrogens (tertiary/aromatic N) is 1. The van der Waals surface area contributed by atoms with Gasteiger partial charge in [0.05, 0.1) is 11.6 Å². The van der Waals surface area contributed by atoms with E-state index >= 15 is 0 Å². The first-order valence-electron chi connectivity index (χ1n) is 5.76. The van der Waals surface area contributed by atoms with Gasteiger partial charge >= 0.3 is 5.97 Å². The Labute approximate surface area is 121 Å². The number of ether oxygens (including phenoxy) is 2. The van der Waals surface area contributed by atoms with Crippen LogP contribution in [0.1, 0.15) is 5.56 Å². The lowest BCUT2D eigenvalue weighted by Gasteiger charge is -2.06. The number of carbonyl (C=O) groups excluding carboxylic acids is 1. The van der Waals surface area contributed by atoms with E-state index in [0.29, 0.717) is 22.1 Å². The first-order chi connectivity index (χ1) is 9.67. The summed E-state index contributed by atoms with van der Waals surface area (Å²) in [6.07, 6.45) is 0. The average molecular weight is 288 g/mol. The smallest absolute Gasteiger partial charge is 0.349 e. The van der Waals surface area contributed by atoms with Crippen molar-refractivity contribution in [3.05, 3.63) is 59.1 Å². The second-order valence-electron chi connectivity index (χ2n) is 3.85. The SMILES string of the molecule is N#Cc1ccc(OC(=O)COc2ccc(Cl)cc2)cc1. The quantitative estimate of drug-likeness (QED) is 0.640. The Balaban J connectivity index is 1.86. The zero-order valence-electron chi connectivity index (χ0n) is 10.4. The van der Waals surface area contributed by atoms with Crippen molar-refractivity contribution in [1.29, 1.82) is 5.26 Å². The van der Waals surface area contributed by atoms with Crippen molar-refractivity contribution in [2.45, 2.75) is 0 Å². The fourth-order valence-corrected chi connectivity index (χ4v) is 1.56. The van der Waals surface area contributed by atoms with E-state index in [4.69, 9.17) is 26.3 Å². The maximum absolute atomic E-state index is 11.6. The molecule has 0 saturated heterocycles. The highest BCUT2D eigenvalue weighted by atomic mass is 35.5. The maximum atomic E-state index is 11.6. The van der Waals surface area contributed by atoms with Gasteiger partial charge in [0, 0.05) is 5.02 Å². The number of halogens is 1. The van der Waals surface area contributed by atoms with E-state index in [0.717, 1.165) is 0 Å². The zero-order chi connectivity index (χ0) is 14.4. The van der Waals surface area contributed by atoms with Crippen LogP contribution in [0.3, 0.4) is 0 Å². The standard InChI is InChI=1S/C15H10ClNO3/c16-12-3-7-13(8-4-12)19-10-15(18)20-14-5-1-11(9-17)2-6-14/h1-8H,10H2. The van der Waals surface area contributed by atoms with Gasteiger partial charge in [-0.15, -0.1) is 0 Å². The first kappa shape index (κ1) is 13.9. The Bertz CT molecular complexity index is 630. The third-order valence-corrected chi connectivity index (χ3v) is 2.64. The highest BCUT2D eigenvalue weighted by Crippen LogP contribution is 2.16. The number of benzene rings is 2. The first-order valence-corrected chi connectivity index (χ1v) is 6.14. The molecule has 0 aromatic heterocycles. The fraction of sp³-hybridized carbons (Fsp3) is 0.0667. The molecule has 0 aliphatic carbocycles. The molecule has 2 rings (SSSR count). The summed E-state index contributed by atoms with van der Waals surface area (Å²) in [7, 11) is 0. The van der Waals surface area contributed by atoms with Gasteiger partial charge in [0.2, 0.25) is 0 Å². The summed E-state index contributed by atoms with van der Waals surface area (Å²) in [6, 6.07) is 14.9. The van der Waals surface area contributed by atoms with Crippen molar-refractivity contribution in [2.24, 2.45) is 0 Å². The number of hydrogen-bond donors (Lipinski definition) is 0. The van der Waals surface area contributed by atoms with Crippen LogP contribution in [0.5, 0.6) is 11.5 Å². The van der Waals surface area contributed by atoms with Crippen molar-refractivity contribution in [2.75, 3.05) is 6.61 Å². The van der Waals surface area contributed by atoms with Crippen molar-refractivity contribution in [3.63, 3.8) is 0 Å². The second kappa shape index (κ2) is 6.60. The summed E-state index contributed by atoms with van der Waals surface area (Å²) in [5, 5.41) is 9.25. The summed E-state index contributed by atoms with van der Waals surface area (Å²) >= 11 is 5.74. The zero-order valence-corrected chi connectivity index (χ0v) is 11.1. The van der Waals surface area contributed by atoms with E-state index in [1.165, 1.54) is 0 Å². The molecule has 0 heterocycles. The molecular weight excluding hydrogens is 278 g/mol. The van der Waals surface area contributed by atoms with Crippen LogP contribution in [0, 0.1) is 11.3 Å². The minimum Gasteiger partial charge on any atom is -0.482 e. The fourth-order valence-electron chi connectivity index (χ4n) is 1.43. The normalized spacial score (nSPS) is 9.60. The molecule has 0 saturated carbocycles. The van der Waals surface area contributed by atoms with Gasteiger partial charge < -0.3 is 9.47 Å². The monoisotopic (exact) mass is 287 g/mol. The van der Waals surface area contributed by atoms with Gasteiger partial charge in [0.15, 0.2) is 6.61 Å². The molecule has 2 aromatic rings. The van der Waals surface area contributed by atoms with Gasteiger partial charge in [-0.2, -0.15) is 5.26 Å². The number of esters is 1. The van der Waals surface area contributed by atoms with Gasteiger partial charge in [-0.1, -0.05) is 11.6 Å². The van der Waals surface area contributed by atoms with Crippen LogP contribution >= 0.6 is 11.6 Å². The number of nitriles is 1. The summed E-state index contributed by atoms with van der Waals surface area (Å²) in [6.45, 7) is -0.207. The summed E-state index contributed by atoms with van der Waals surface area (Å²) in [5.41, 5.74) is 0.502. The average Bonchev–Trinajstić information content (AvgIpc) is 2.47. The van der Waals surface area contributed by atoms with Crippen LogP contribution < -0.4 is 9.47 Å². The Morgan fingerprint density at radius 3 is 2.25 bits per heavy atom. The van der Waals surface area contributed by atoms with Crippen LogP contribution in [0.15, 0.2) is 48.5 Å². The molecule has 2 aromatic carbocycles. The van der Waals surface area contributed by atoms with Crippen molar-refractivity contribution in [1.82, 2.24) is 0 Å². The predicted octanol–water partition coefficient (Wildman–Crippen LogP) is 3.20. The molecule has 0 aliphatic rings. The van der Waals surface area contributed by atoms with Crippen molar-refractivity contribution in [3.8, 4) is 17.6 Å². The lowest BCUT2D eigenvalue weighted by atomic mass is 10.2. The van der Waals surface area contributed by atoms with Crippen LogP contribution in [-0.2, 0) is 4.79 Å². The molecule has 0 radical (unpaired) electrons. The molecule has 0 aliphatic heterocycles. The molecule has 100 valence electrons. The van der Waals surface area contributed by atoms with Gasteiger partial charge in [-0.3, -0.25) is 0 Å². The molecule has 0 unspecified atom stereocenters. The summed E-state index contributed by atoms with van der Waals surface area (Å²) < 4.78 is 10.3. The molecule has 5 heteroatoms. The largest absolute Gasteiger partial charge is 0.482 e. The Morgan fingerprint density at radius 2 is 1.65 bits per heavy atom. The van der Waals surface area contributed by atoms with E-state index in [1.807, 2.05) is 6.07 Å². The van der Waals surface area contributed by atoms with Gasteiger partial charge in [0.25, 0.3) is 0 Å². The second-order valence-corrected chi connectivity index (χ2v) is 4.29. The molecule has 0 bridgehead atoms. The topological polar surface area (TPSA) is 59.3 Å². The van der Waals surface area contributed by atoms with Crippen LogP contribution in [0.2, 0.25) is 5.02 Å². The molecule has 4 nitrogen and oxygen atoms in total. The number of hydrogen-bond acceptors (Lipinski definition) is 4. The molecule has 20 heavy (non-hydrogen) atoms. The van der Waals surface area contributed by atoms with Crippen LogP contribution in [0.25, 0.3) is 0 Å². The van der Waals surface area contributed by atoms with E-state index in [1.54, 1.807) is 48.5 Å². The third kappa shape index (κ3) is 4.01. The van der Waals surface area contributed by atoms with Crippen LogP contribution in [-0.4, -0.2) is 12.6 Å². The maximum Gasteiger partial charge on any atom is 0.349 e. The minimum absolute atomic E-state index is 0.207. The van der Waals surface area contributed by atoms with Crippen molar-refractivity contribution >= 4 is 17.6 Å². The molecule has 0 fully saturated rings. The molecular formula is C15H10ClNO3. The molecule has 0 amide bonds. The van der Waals surface area contributed by atoms with E-state index in [2.05, 4.69) is 0 Å². The highest BCUT2D eigenvalue weighted by molar-refractivity contribution is 6.30. The summed E-state index contributed by atoms with van der Waals surface area (Å²) in [5.74, 6) is 0.379. The summed E-state index contributed by atoms with van der Waals surface area (Å²) in [4.78, 5) is 11.6. The highest BCUT2D eigenvalue weighted by Gasteiger charge is 2.06. The number of carbonyl (C=O) groups is 1. The lowest BCUT2D eigenvalue weighted by molar-refractivity contribution is -0.136. The third-order valence-electron chi connectivity index (χ3n) is 2.39. The Hall–Kier alpha value is -2.51. The number of rotatable bonds is 4.